The van der Waals surface area contributed by atoms with Crippen LogP contribution in [-0.4, -0.2) is 24.7 Å². The lowest BCUT2D eigenvalue weighted by Gasteiger charge is -2.12. The summed E-state index contributed by atoms with van der Waals surface area (Å²) in [5.74, 6) is -1.68. The van der Waals surface area contributed by atoms with Gasteiger partial charge in [0.2, 0.25) is 5.75 Å². The fourth-order valence-electron chi connectivity index (χ4n) is 1.25. The molecule has 7 nitrogen and oxygen atoms in total. The van der Waals surface area contributed by atoms with Crippen LogP contribution in [0.3, 0.4) is 0 Å². The Bertz CT molecular complexity index is 677. The minimum Gasteiger partial charge on any atom is -0.397 e. The van der Waals surface area contributed by atoms with E-state index in [0.717, 1.165) is 0 Å². The molecule has 1 rings (SSSR count). The van der Waals surface area contributed by atoms with Crippen molar-refractivity contribution < 1.29 is 40.0 Å². The molecular weight excluding hydrogens is 355 g/mol. The van der Waals surface area contributed by atoms with Crippen molar-refractivity contribution in [2.75, 3.05) is 0 Å². The highest BCUT2D eigenvalue weighted by Gasteiger charge is 2.41. The Kier molecular flexibility index (Phi) is 4.57. The molecule has 1 aromatic heterocycles. The maximum atomic E-state index is 12.6. The molecule has 0 N–H and O–H groups in total. The minimum atomic E-state index is -5.44. The van der Waals surface area contributed by atoms with E-state index in [0.29, 0.717) is 0 Å². The predicted molar refractivity (Wildman–Crippen MR) is 55.6 cm³/mol. The van der Waals surface area contributed by atoms with E-state index in [1.54, 1.807) is 0 Å². The van der Waals surface area contributed by atoms with E-state index in [1.165, 1.54) is 0 Å². The SMILES string of the molecule is O=[N+]([O-])c1c(OC(F)(F)F)cnc(C(F)F)c1S(=O)(=O)Cl. The van der Waals surface area contributed by atoms with Gasteiger partial charge in [-0.25, -0.2) is 22.2 Å². The molecule has 0 saturated carbocycles. The summed E-state index contributed by atoms with van der Waals surface area (Å²) in [5.41, 5.74) is -3.54. The molecule has 0 saturated heterocycles. The largest absolute Gasteiger partial charge is 0.573 e. The van der Waals surface area contributed by atoms with Crippen LogP contribution < -0.4 is 4.74 Å². The quantitative estimate of drug-likeness (QED) is 0.356. The first-order valence-electron chi connectivity index (χ1n) is 4.50. The average molecular weight is 357 g/mol. The van der Waals surface area contributed by atoms with Crippen LogP contribution >= 0.6 is 10.7 Å². The summed E-state index contributed by atoms with van der Waals surface area (Å²) < 4.78 is 86.9. The van der Waals surface area contributed by atoms with Gasteiger partial charge >= 0.3 is 12.0 Å². The highest BCUT2D eigenvalue weighted by atomic mass is 35.7. The number of aromatic nitrogens is 1. The number of alkyl halides is 5. The van der Waals surface area contributed by atoms with Gasteiger partial charge in [0, 0.05) is 10.7 Å². The fraction of sp³-hybridized carbons (Fsp3) is 0.286. The standard InChI is InChI=1S/C7H2ClF5N2O5S/c8-21(18,19)5-3(6(9)10)14-1-2(4(5)15(16)17)20-7(11,12)13/h1,6H. The van der Waals surface area contributed by atoms with E-state index >= 15 is 0 Å². The summed E-state index contributed by atoms with van der Waals surface area (Å²) in [6.45, 7) is 0. The van der Waals surface area contributed by atoms with Gasteiger partial charge in [0.1, 0.15) is 5.69 Å². The molecule has 0 fully saturated rings. The van der Waals surface area contributed by atoms with Crippen molar-refractivity contribution in [2.45, 2.75) is 17.7 Å². The molecular formula is C7H2ClF5N2O5S. The Morgan fingerprint density at radius 1 is 1.38 bits per heavy atom. The molecule has 0 bridgehead atoms. The second-order valence-electron chi connectivity index (χ2n) is 3.23. The van der Waals surface area contributed by atoms with Gasteiger partial charge in [0.05, 0.1) is 11.1 Å². The zero-order valence-electron chi connectivity index (χ0n) is 9.27. The van der Waals surface area contributed by atoms with E-state index in [2.05, 4.69) is 9.72 Å². The van der Waals surface area contributed by atoms with E-state index in [-0.39, 0.29) is 6.20 Å². The predicted octanol–water partition coefficient (Wildman–Crippen LogP) is 2.75. The second-order valence-corrected chi connectivity index (χ2v) is 5.73. The first-order valence-corrected chi connectivity index (χ1v) is 6.81. The highest BCUT2D eigenvalue weighted by Crippen LogP contribution is 2.41. The Labute approximate surface area is 116 Å². The molecule has 0 aliphatic carbocycles. The third-order valence-corrected chi connectivity index (χ3v) is 3.21. The van der Waals surface area contributed by atoms with Crippen LogP contribution in [0.2, 0.25) is 0 Å². The number of pyridine rings is 1. The maximum absolute atomic E-state index is 12.6. The van der Waals surface area contributed by atoms with Gasteiger partial charge in [0.25, 0.3) is 15.5 Å². The molecule has 0 aliphatic heterocycles. The zero-order chi connectivity index (χ0) is 16.6. The summed E-state index contributed by atoms with van der Waals surface area (Å²) in [6, 6.07) is 0. The Hall–Kier alpha value is -1.76. The highest BCUT2D eigenvalue weighted by molar-refractivity contribution is 8.13. The second kappa shape index (κ2) is 5.55. The molecule has 0 aliphatic rings. The summed E-state index contributed by atoms with van der Waals surface area (Å²) in [7, 11) is -0.434. The maximum Gasteiger partial charge on any atom is 0.573 e. The lowest BCUT2D eigenvalue weighted by atomic mass is 10.3. The Morgan fingerprint density at radius 3 is 2.24 bits per heavy atom. The number of hydrogen-bond donors (Lipinski definition) is 0. The van der Waals surface area contributed by atoms with Crippen molar-refractivity contribution in [3.05, 3.63) is 22.0 Å². The van der Waals surface area contributed by atoms with Gasteiger partial charge in [-0.15, -0.1) is 13.2 Å². The molecule has 21 heavy (non-hydrogen) atoms. The fourth-order valence-corrected chi connectivity index (χ4v) is 2.50. The van der Waals surface area contributed by atoms with Crippen molar-refractivity contribution in [3.8, 4) is 5.75 Å². The number of hydrogen-bond acceptors (Lipinski definition) is 6. The molecule has 0 aromatic carbocycles. The normalized spacial score (nSPS) is 12.5. The first kappa shape index (κ1) is 17.3. The van der Waals surface area contributed by atoms with Crippen LogP contribution in [0.15, 0.2) is 11.1 Å². The van der Waals surface area contributed by atoms with E-state index in [4.69, 9.17) is 10.7 Å². The topological polar surface area (TPSA) is 99.4 Å². The zero-order valence-corrected chi connectivity index (χ0v) is 10.8. The summed E-state index contributed by atoms with van der Waals surface area (Å²) >= 11 is 0. The third kappa shape index (κ3) is 4.10. The Balaban J connectivity index is 3.77. The number of nitrogens with zero attached hydrogens (tertiary/aromatic N) is 2. The number of nitro groups is 1. The first-order chi connectivity index (χ1) is 9.34. The van der Waals surface area contributed by atoms with Crippen molar-refractivity contribution in [1.29, 1.82) is 0 Å². The van der Waals surface area contributed by atoms with Crippen molar-refractivity contribution >= 4 is 25.4 Å². The van der Waals surface area contributed by atoms with Crippen LogP contribution in [0.1, 0.15) is 12.1 Å². The van der Waals surface area contributed by atoms with Crippen molar-refractivity contribution in [1.82, 2.24) is 4.98 Å². The number of rotatable bonds is 4. The molecule has 0 atom stereocenters. The van der Waals surface area contributed by atoms with Crippen molar-refractivity contribution in [3.63, 3.8) is 0 Å². The summed E-state index contributed by atoms with van der Waals surface area (Å²) in [6.07, 6.45) is -9.11. The van der Waals surface area contributed by atoms with Crippen LogP contribution in [-0.2, 0) is 9.05 Å². The van der Waals surface area contributed by atoms with Gasteiger partial charge in [-0.05, 0) is 0 Å². The van der Waals surface area contributed by atoms with Crippen LogP contribution in [0, 0.1) is 10.1 Å². The van der Waals surface area contributed by atoms with Gasteiger partial charge in [-0.3, -0.25) is 10.1 Å². The van der Waals surface area contributed by atoms with Gasteiger partial charge in [0.15, 0.2) is 4.90 Å². The molecule has 0 spiro atoms. The molecule has 14 heteroatoms. The van der Waals surface area contributed by atoms with E-state index < -0.39 is 48.8 Å². The van der Waals surface area contributed by atoms with Crippen molar-refractivity contribution in [2.24, 2.45) is 0 Å². The monoisotopic (exact) mass is 356 g/mol. The molecule has 0 radical (unpaired) electrons. The lowest BCUT2D eigenvalue weighted by molar-refractivity contribution is -0.391. The summed E-state index contributed by atoms with van der Waals surface area (Å²) in [4.78, 5) is 9.94. The molecule has 0 amide bonds. The molecule has 0 unspecified atom stereocenters. The van der Waals surface area contributed by atoms with Gasteiger partial charge in [-0.2, -0.15) is 0 Å². The average Bonchev–Trinajstić information content (AvgIpc) is 2.23. The van der Waals surface area contributed by atoms with Gasteiger partial charge < -0.3 is 4.74 Å². The van der Waals surface area contributed by atoms with E-state index in [1.807, 2.05) is 0 Å². The van der Waals surface area contributed by atoms with E-state index in [9.17, 15) is 40.5 Å². The number of ether oxygens (including phenoxy) is 1. The summed E-state index contributed by atoms with van der Waals surface area (Å²) in [5, 5.41) is 10.7. The number of halogens is 6. The minimum absolute atomic E-state index is 0.0430. The van der Waals surface area contributed by atoms with Crippen LogP contribution in [0.25, 0.3) is 0 Å². The van der Waals surface area contributed by atoms with Crippen LogP contribution in [0.5, 0.6) is 5.75 Å². The molecule has 1 aromatic rings. The van der Waals surface area contributed by atoms with Crippen LogP contribution in [0.4, 0.5) is 27.6 Å². The van der Waals surface area contributed by atoms with Gasteiger partial charge in [-0.1, -0.05) is 0 Å². The third-order valence-electron chi connectivity index (χ3n) is 1.86. The smallest absolute Gasteiger partial charge is 0.397 e. The lowest BCUT2D eigenvalue weighted by Crippen LogP contribution is -2.19. The Morgan fingerprint density at radius 2 is 1.90 bits per heavy atom. The molecule has 1 heterocycles. The molecule has 118 valence electrons.